The van der Waals surface area contributed by atoms with Crippen molar-refractivity contribution in [2.75, 3.05) is 14.2 Å². The van der Waals surface area contributed by atoms with E-state index in [1.807, 2.05) is 7.76 Å². The Morgan fingerprint density at radius 2 is 1.27 bits per heavy atom. The van der Waals surface area contributed by atoms with Gasteiger partial charge in [0.25, 0.3) is 0 Å². The maximum atomic E-state index is 4.25. The van der Waals surface area contributed by atoms with Gasteiger partial charge in [-0.25, -0.2) is 0 Å². The molecule has 122 valence electrons. The van der Waals surface area contributed by atoms with Gasteiger partial charge in [0.15, 0.2) is 0 Å². The molecule has 0 radical (unpaired) electrons. The van der Waals surface area contributed by atoms with Gasteiger partial charge in [0.1, 0.15) is 0 Å². The molecule has 0 aromatic heterocycles. The topological polar surface area (TPSA) is 9.23 Å². The van der Waals surface area contributed by atoms with Crippen molar-refractivity contribution >= 4 is 0 Å². The maximum Gasteiger partial charge on any atom is 0.0351 e. The number of hydrogen-bond donors (Lipinski definition) is 0. The second kappa shape index (κ2) is 12.1. The van der Waals surface area contributed by atoms with Crippen molar-refractivity contribution in [1.29, 1.82) is 0 Å². The number of rotatable bonds is 8. The standard InChI is InChI=1S/2C9H13.C2H6O.Ti/c2*1-2-3-6-9-7-4-5-8-9;1-3-2;/h2*4,7H,2-3,5-6H2,1H3;1-2H3;. The molecule has 2 heteroatoms. The van der Waals surface area contributed by atoms with Crippen LogP contribution in [0.15, 0.2) is 43.2 Å². The molecule has 2 rings (SSSR count). The molecule has 0 saturated heterocycles. The summed E-state index contributed by atoms with van der Waals surface area (Å²) in [4.78, 5) is 0. The predicted octanol–water partition coefficient (Wildman–Crippen LogP) is 6.14. The van der Waals surface area contributed by atoms with Crippen molar-refractivity contribution in [3.63, 3.8) is 0 Å². The SMILES string of the molecule is CCCCC1=[C]([Ti][C]2=C(CCCC)C=CC2)CC=C1.COC. The van der Waals surface area contributed by atoms with Crippen LogP contribution in [-0.4, -0.2) is 14.2 Å². The third-order valence-electron chi connectivity index (χ3n) is 3.96. The summed E-state index contributed by atoms with van der Waals surface area (Å²) in [7, 11) is 3.25. The van der Waals surface area contributed by atoms with Crippen LogP contribution in [0.3, 0.4) is 0 Å². The number of allylic oxidation sites excluding steroid dienone is 8. The van der Waals surface area contributed by atoms with Crippen LogP contribution in [0.2, 0.25) is 0 Å². The molecule has 0 aromatic rings. The van der Waals surface area contributed by atoms with Crippen LogP contribution >= 0.6 is 0 Å². The van der Waals surface area contributed by atoms with E-state index in [9.17, 15) is 0 Å². The molecule has 0 spiro atoms. The van der Waals surface area contributed by atoms with Crippen molar-refractivity contribution in [1.82, 2.24) is 0 Å². The third-order valence-corrected chi connectivity index (χ3v) is 6.54. The first kappa shape index (κ1) is 19.7. The quantitative estimate of drug-likeness (QED) is 0.484. The molecule has 0 atom stereocenters. The Morgan fingerprint density at radius 3 is 1.64 bits per heavy atom. The first-order valence-electron chi connectivity index (χ1n) is 8.71. The molecule has 0 unspecified atom stereocenters. The number of ether oxygens (including phenoxy) is 1. The second-order valence-corrected chi connectivity index (χ2v) is 8.24. The van der Waals surface area contributed by atoms with Gasteiger partial charge in [0, 0.05) is 14.2 Å². The molecule has 0 N–H and O–H groups in total. The van der Waals surface area contributed by atoms with Crippen LogP contribution in [0.1, 0.15) is 65.2 Å². The molecule has 22 heavy (non-hydrogen) atoms. The van der Waals surface area contributed by atoms with Crippen LogP contribution < -0.4 is 0 Å². The smallest absolute Gasteiger partial charge is 0.0351 e. The predicted molar refractivity (Wildman–Crippen MR) is 93.5 cm³/mol. The van der Waals surface area contributed by atoms with E-state index in [4.69, 9.17) is 0 Å². The van der Waals surface area contributed by atoms with Crippen molar-refractivity contribution in [3.05, 3.63) is 43.2 Å². The largest absolute Gasteiger partial charge is 0.388 e. The Bertz CT molecular complexity index is 401. The monoisotopic (exact) mass is 336 g/mol. The summed E-state index contributed by atoms with van der Waals surface area (Å²) in [6.07, 6.45) is 20.1. The molecule has 2 aliphatic rings. The maximum absolute atomic E-state index is 4.25. The Hall–Kier alpha value is -0.366. The summed E-state index contributed by atoms with van der Waals surface area (Å²) < 4.78 is 7.89. The molecular formula is C20H32OTi. The van der Waals surface area contributed by atoms with Crippen molar-refractivity contribution in [2.24, 2.45) is 0 Å². The summed E-state index contributed by atoms with van der Waals surface area (Å²) >= 11 is -0.0137. The van der Waals surface area contributed by atoms with E-state index in [0.29, 0.717) is 0 Å². The fourth-order valence-electron chi connectivity index (χ4n) is 2.75. The van der Waals surface area contributed by atoms with Crippen LogP contribution in [0.25, 0.3) is 0 Å². The van der Waals surface area contributed by atoms with Crippen molar-refractivity contribution < 1.29 is 23.9 Å². The summed E-state index contributed by atoms with van der Waals surface area (Å²) in [6.45, 7) is 4.59. The normalized spacial score (nSPS) is 16.4. The Kier molecular flexibility index (Phi) is 10.8. The molecule has 0 aliphatic heterocycles. The molecule has 1 nitrogen and oxygen atoms in total. The number of unbranched alkanes of at least 4 members (excludes halogenated alkanes) is 2. The zero-order valence-corrected chi connectivity index (χ0v) is 16.4. The molecule has 2 aliphatic carbocycles. The van der Waals surface area contributed by atoms with Gasteiger partial charge in [-0.15, -0.1) is 0 Å². The van der Waals surface area contributed by atoms with Crippen LogP contribution in [0.5, 0.6) is 0 Å². The van der Waals surface area contributed by atoms with E-state index in [1.165, 1.54) is 51.4 Å². The average Bonchev–Trinajstić information content (AvgIpc) is 3.14. The Morgan fingerprint density at radius 1 is 0.864 bits per heavy atom. The summed E-state index contributed by atoms with van der Waals surface area (Å²) in [5, 5.41) is 0. The third kappa shape index (κ3) is 6.81. The van der Waals surface area contributed by atoms with Gasteiger partial charge in [-0.05, 0) is 0 Å². The molecule has 0 amide bonds. The molecule has 0 bridgehead atoms. The molecule has 0 aromatic carbocycles. The zero-order chi connectivity index (χ0) is 16.2. The molecule has 0 fully saturated rings. The minimum Gasteiger partial charge on any atom is -0.388 e. The van der Waals surface area contributed by atoms with Gasteiger partial charge in [0.05, 0.1) is 0 Å². The second-order valence-electron chi connectivity index (χ2n) is 5.96. The van der Waals surface area contributed by atoms with Gasteiger partial charge >= 0.3 is 128 Å². The fraction of sp³-hybridized carbons (Fsp3) is 0.600. The van der Waals surface area contributed by atoms with Crippen LogP contribution in [0, 0.1) is 0 Å². The van der Waals surface area contributed by atoms with Crippen LogP contribution in [0.4, 0.5) is 0 Å². The number of hydrogen-bond acceptors (Lipinski definition) is 1. The minimum atomic E-state index is -0.0137. The van der Waals surface area contributed by atoms with E-state index >= 15 is 0 Å². The zero-order valence-electron chi connectivity index (χ0n) is 14.9. The van der Waals surface area contributed by atoms with E-state index < -0.39 is 0 Å². The van der Waals surface area contributed by atoms with E-state index in [0.717, 1.165) is 0 Å². The Balaban J connectivity index is 0.000000745. The molecule has 0 saturated carbocycles. The van der Waals surface area contributed by atoms with Gasteiger partial charge < -0.3 is 4.74 Å². The summed E-state index contributed by atoms with van der Waals surface area (Å²) in [5.74, 6) is 0. The fourth-order valence-corrected chi connectivity index (χ4v) is 5.16. The minimum absolute atomic E-state index is 0.0137. The summed E-state index contributed by atoms with van der Waals surface area (Å²) in [5.41, 5.74) is 3.38. The van der Waals surface area contributed by atoms with Gasteiger partial charge in [0.2, 0.25) is 0 Å². The van der Waals surface area contributed by atoms with E-state index in [1.54, 1.807) is 25.4 Å². The molecule has 0 heterocycles. The van der Waals surface area contributed by atoms with Gasteiger partial charge in [-0.2, -0.15) is 0 Å². The van der Waals surface area contributed by atoms with Gasteiger partial charge in [-0.1, -0.05) is 0 Å². The average molecular weight is 336 g/mol. The van der Waals surface area contributed by atoms with E-state index in [-0.39, 0.29) is 19.2 Å². The number of methoxy groups -OCH3 is 1. The van der Waals surface area contributed by atoms with E-state index in [2.05, 4.69) is 42.9 Å². The Labute approximate surface area is 146 Å². The van der Waals surface area contributed by atoms with Crippen molar-refractivity contribution in [2.45, 2.75) is 65.2 Å². The summed E-state index contributed by atoms with van der Waals surface area (Å²) in [6, 6.07) is 0. The first-order chi connectivity index (χ1) is 10.8. The molecular weight excluding hydrogens is 304 g/mol. The van der Waals surface area contributed by atoms with Crippen LogP contribution in [-0.2, 0) is 23.9 Å². The first-order valence-corrected chi connectivity index (χ1v) is 10.3. The van der Waals surface area contributed by atoms with Crippen molar-refractivity contribution in [3.8, 4) is 0 Å². The van der Waals surface area contributed by atoms with Gasteiger partial charge in [-0.3, -0.25) is 0 Å².